The van der Waals surface area contributed by atoms with E-state index in [1.54, 1.807) is 4.68 Å². The van der Waals surface area contributed by atoms with Crippen LogP contribution in [-0.2, 0) is 38.5 Å². The molecule has 5 rings (SSSR count). The fourth-order valence-electron chi connectivity index (χ4n) is 5.64. The van der Waals surface area contributed by atoms with Crippen LogP contribution in [0, 0.1) is 11.6 Å². The van der Waals surface area contributed by atoms with Crippen molar-refractivity contribution >= 4 is 23.3 Å². The monoisotopic (exact) mass is 617 g/mol. The van der Waals surface area contributed by atoms with Gasteiger partial charge in [0.1, 0.15) is 11.6 Å². The lowest BCUT2D eigenvalue weighted by Gasteiger charge is -2.28. The van der Waals surface area contributed by atoms with Gasteiger partial charge in [0.05, 0.1) is 28.3 Å². The van der Waals surface area contributed by atoms with Crippen LogP contribution in [0.5, 0.6) is 0 Å². The van der Waals surface area contributed by atoms with Gasteiger partial charge in [-0.3, -0.25) is 4.90 Å². The van der Waals surface area contributed by atoms with Crippen LogP contribution in [0.4, 0.5) is 32.4 Å². The predicted molar refractivity (Wildman–Crippen MR) is 155 cm³/mol. The third-order valence-corrected chi connectivity index (χ3v) is 7.87. The first-order chi connectivity index (χ1) is 20.4. The standard InChI is InChI=1S/C31H29ClF5N5O/c1-3-17-6-5-7-18(4-2)28(17)42-29(21-13-25(34)27(14-24(21)33)39-30(38)43)22-16-41(11-10-26(22)40-42)15-19-8-9-20(32)12-23(19)31(35,36)37/h5-9,12-14H,3-4,10-11,15-16H2,1-2H3,(H3,38,39,43). The maximum absolute atomic E-state index is 15.8. The number of hydrogen-bond acceptors (Lipinski definition) is 3. The summed E-state index contributed by atoms with van der Waals surface area (Å²) in [4.78, 5) is 13.2. The number of rotatable bonds is 7. The summed E-state index contributed by atoms with van der Waals surface area (Å²) < 4.78 is 74.1. The van der Waals surface area contributed by atoms with Crippen LogP contribution in [0.15, 0.2) is 48.5 Å². The lowest BCUT2D eigenvalue weighted by molar-refractivity contribution is -0.138. The molecule has 0 saturated heterocycles. The van der Waals surface area contributed by atoms with Crippen molar-refractivity contribution in [2.24, 2.45) is 5.73 Å². The predicted octanol–water partition coefficient (Wildman–Crippen LogP) is 7.66. The highest BCUT2D eigenvalue weighted by molar-refractivity contribution is 6.30. The molecular weight excluding hydrogens is 589 g/mol. The van der Waals surface area contributed by atoms with Crippen molar-refractivity contribution < 1.29 is 26.7 Å². The molecule has 0 saturated carbocycles. The van der Waals surface area contributed by atoms with E-state index in [2.05, 4.69) is 5.32 Å². The van der Waals surface area contributed by atoms with Gasteiger partial charge in [0.2, 0.25) is 0 Å². The maximum Gasteiger partial charge on any atom is 0.416 e. The number of nitrogens with zero attached hydrogens (tertiary/aromatic N) is 3. The number of anilines is 1. The Bertz CT molecular complexity index is 1680. The first-order valence-corrected chi connectivity index (χ1v) is 14.1. The van der Waals surface area contributed by atoms with Crippen molar-refractivity contribution in [1.82, 2.24) is 14.7 Å². The van der Waals surface area contributed by atoms with Crippen LogP contribution in [-0.4, -0.2) is 27.3 Å². The number of carbonyl (C=O) groups is 1. The van der Waals surface area contributed by atoms with Gasteiger partial charge in [-0.1, -0.05) is 49.7 Å². The number of alkyl halides is 3. The molecule has 4 aromatic rings. The smallest absolute Gasteiger partial charge is 0.351 e. The average Bonchev–Trinajstić information content (AvgIpc) is 3.32. The third-order valence-electron chi connectivity index (χ3n) is 7.63. The van der Waals surface area contributed by atoms with E-state index in [4.69, 9.17) is 22.4 Å². The summed E-state index contributed by atoms with van der Waals surface area (Å²) in [7, 11) is 0. The summed E-state index contributed by atoms with van der Waals surface area (Å²) in [5.74, 6) is -1.73. The van der Waals surface area contributed by atoms with E-state index in [1.807, 2.05) is 36.9 Å². The Morgan fingerprint density at radius 1 is 1.02 bits per heavy atom. The number of halogens is 6. The normalized spacial score (nSPS) is 13.7. The van der Waals surface area contributed by atoms with Crippen LogP contribution in [0.2, 0.25) is 5.02 Å². The summed E-state index contributed by atoms with van der Waals surface area (Å²) in [6.07, 6.45) is -2.92. The van der Waals surface area contributed by atoms with Gasteiger partial charge in [-0.25, -0.2) is 18.3 Å². The molecule has 1 aromatic heterocycles. The summed E-state index contributed by atoms with van der Waals surface area (Å²) in [6, 6.07) is 10.3. The quantitative estimate of drug-likeness (QED) is 0.209. The zero-order valence-corrected chi connectivity index (χ0v) is 24.2. The Morgan fingerprint density at radius 3 is 2.35 bits per heavy atom. The van der Waals surface area contributed by atoms with Crippen LogP contribution in [0.25, 0.3) is 16.9 Å². The molecule has 0 spiro atoms. The van der Waals surface area contributed by atoms with Gasteiger partial charge < -0.3 is 11.1 Å². The lowest BCUT2D eigenvalue weighted by atomic mass is 9.97. The number of nitrogens with one attached hydrogen (secondary N) is 1. The van der Waals surface area contributed by atoms with Crippen LogP contribution >= 0.6 is 11.6 Å². The van der Waals surface area contributed by atoms with Crippen molar-refractivity contribution in [1.29, 1.82) is 0 Å². The Hall–Kier alpha value is -3.96. The Kier molecular flexibility index (Phi) is 8.49. The second kappa shape index (κ2) is 12.0. The second-order valence-electron chi connectivity index (χ2n) is 10.4. The minimum atomic E-state index is -4.60. The Labute approximate surface area is 250 Å². The Morgan fingerprint density at radius 2 is 1.72 bits per heavy atom. The maximum atomic E-state index is 15.8. The molecule has 0 aliphatic carbocycles. The molecule has 2 heterocycles. The number of aromatic nitrogens is 2. The zero-order chi connectivity index (χ0) is 31.1. The van der Waals surface area contributed by atoms with Crippen LogP contribution in [0.3, 0.4) is 0 Å². The van der Waals surface area contributed by atoms with E-state index in [0.717, 1.165) is 35.0 Å². The van der Waals surface area contributed by atoms with Gasteiger partial charge in [-0.15, -0.1) is 0 Å². The molecule has 0 radical (unpaired) electrons. The summed E-state index contributed by atoms with van der Waals surface area (Å²) in [5, 5.41) is 6.94. The van der Waals surface area contributed by atoms with E-state index in [-0.39, 0.29) is 29.2 Å². The Balaban J connectivity index is 1.67. The highest BCUT2D eigenvalue weighted by Crippen LogP contribution is 2.39. The SMILES string of the molecule is CCc1cccc(CC)c1-n1nc2c(c1-c1cc(F)c(NC(N)=O)cc1F)CN(Cc1ccc(Cl)cc1C(F)(F)F)CC2. The molecule has 0 atom stereocenters. The number of fused-ring (bicyclic) bond motifs is 1. The molecule has 12 heteroatoms. The van der Waals surface area contributed by atoms with Crippen molar-refractivity contribution in [3.05, 3.63) is 98.7 Å². The lowest BCUT2D eigenvalue weighted by Crippen LogP contribution is -2.31. The number of amides is 2. The molecule has 43 heavy (non-hydrogen) atoms. The number of hydrogen-bond donors (Lipinski definition) is 2. The van der Waals surface area contributed by atoms with E-state index in [0.29, 0.717) is 42.8 Å². The van der Waals surface area contributed by atoms with E-state index >= 15 is 8.78 Å². The molecule has 6 nitrogen and oxygen atoms in total. The largest absolute Gasteiger partial charge is 0.416 e. The number of aryl methyl sites for hydroxylation is 2. The molecule has 0 fully saturated rings. The highest BCUT2D eigenvalue weighted by Gasteiger charge is 2.35. The summed E-state index contributed by atoms with van der Waals surface area (Å²) in [6.45, 7) is 4.47. The van der Waals surface area contributed by atoms with Gasteiger partial charge >= 0.3 is 12.2 Å². The van der Waals surface area contributed by atoms with Crippen molar-refractivity contribution in [3.8, 4) is 16.9 Å². The van der Waals surface area contributed by atoms with Gasteiger partial charge in [0.25, 0.3) is 0 Å². The number of nitrogens with two attached hydrogens (primary N) is 1. The van der Waals surface area contributed by atoms with Crippen molar-refractivity contribution in [3.63, 3.8) is 0 Å². The van der Waals surface area contributed by atoms with Crippen LogP contribution in [0.1, 0.15) is 47.4 Å². The third kappa shape index (κ3) is 6.09. The molecule has 0 unspecified atom stereocenters. The van der Waals surface area contributed by atoms with E-state index in [9.17, 15) is 18.0 Å². The van der Waals surface area contributed by atoms with Gasteiger partial charge in [0, 0.05) is 48.3 Å². The number of para-hydroxylation sites is 1. The highest BCUT2D eigenvalue weighted by atomic mass is 35.5. The summed E-state index contributed by atoms with van der Waals surface area (Å²) in [5.41, 5.74) is 8.00. The first kappa shape index (κ1) is 30.5. The van der Waals surface area contributed by atoms with E-state index < -0.39 is 35.1 Å². The minimum absolute atomic E-state index is 0.0198. The molecule has 226 valence electrons. The molecule has 1 aliphatic heterocycles. The molecule has 0 bridgehead atoms. The minimum Gasteiger partial charge on any atom is -0.351 e. The molecular formula is C31H29ClF5N5O. The number of primary amides is 1. The average molecular weight is 618 g/mol. The van der Waals surface area contributed by atoms with E-state index in [1.165, 1.54) is 12.1 Å². The fraction of sp³-hybridized carbons (Fsp3) is 0.290. The number of urea groups is 1. The first-order valence-electron chi connectivity index (χ1n) is 13.8. The number of benzene rings is 3. The van der Waals surface area contributed by atoms with Gasteiger partial charge in [-0.05, 0) is 47.7 Å². The molecule has 3 aromatic carbocycles. The van der Waals surface area contributed by atoms with Crippen molar-refractivity contribution in [2.45, 2.75) is 52.4 Å². The molecule has 1 aliphatic rings. The van der Waals surface area contributed by atoms with Gasteiger partial charge in [0.15, 0.2) is 0 Å². The summed E-state index contributed by atoms with van der Waals surface area (Å²) >= 11 is 5.88. The molecule has 3 N–H and O–H groups in total. The van der Waals surface area contributed by atoms with Gasteiger partial charge in [-0.2, -0.15) is 18.3 Å². The molecule has 2 amide bonds. The van der Waals surface area contributed by atoms with Crippen LogP contribution < -0.4 is 11.1 Å². The topological polar surface area (TPSA) is 76.2 Å². The second-order valence-corrected chi connectivity index (χ2v) is 10.8. The van der Waals surface area contributed by atoms with Crippen molar-refractivity contribution in [2.75, 3.05) is 11.9 Å². The fourth-order valence-corrected chi connectivity index (χ4v) is 5.81. The zero-order valence-electron chi connectivity index (χ0n) is 23.5. The number of carbonyl (C=O) groups excluding carboxylic acids is 1.